The summed E-state index contributed by atoms with van der Waals surface area (Å²) in [4.78, 5) is 11.0. The molecule has 2 aliphatic rings. The topological polar surface area (TPSA) is 44.8 Å². The van der Waals surface area contributed by atoms with E-state index in [9.17, 15) is 4.79 Å². The first-order valence-electron chi connectivity index (χ1n) is 5.17. The summed E-state index contributed by atoms with van der Waals surface area (Å²) >= 11 is 0. The summed E-state index contributed by atoms with van der Waals surface area (Å²) in [6.45, 7) is 3.20. The maximum absolute atomic E-state index is 11.0. The summed E-state index contributed by atoms with van der Waals surface area (Å²) in [7, 11) is 1.37. The third kappa shape index (κ3) is 1.79. The molecule has 0 atom stereocenters. The summed E-state index contributed by atoms with van der Waals surface area (Å²) in [5.74, 6) is -0.889. The van der Waals surface area contributed by atoms with Crippen LogP contribution in [0.2, 0.25) is 0 Å². The molecule has 1 aliphatic carbocycles. The number of hydrogen-bond acceptors (Lipinski definition) is 4. The highest BCUT2D eigenvalue weighted by Gasteiger charge is 2.58. The van der Waals surface area contributed by atoms with Crippen molar-refractivity contribution in [3.8, 4) is 0 Å². The van der Waals surface area contributed by atoms with E-state index < -0.39 is 5.79 Å². The largest absolute Gasteiger partial charge is 0.466 e. The Hall–Kier alpha value is -0.870. The van der Waals surface area contributed by atoms with E-state index in [4.69, 9.17) is 9.47 Å². The number of ether oxygens (including phenoxy) is 3. The van der Waals surface area contributed by atoms with E-state index in [2.05, 4.69) is 4.74 Å². The lowest BCUT2D eigenvalue weighted by atomic mass is 9.96. The standard InChI is InChI=1S/C11H16O4/c1-10(14-7-8-15-10)11(5-6-11)4-3-9(12)13-2/h3-4H,5-8H2,1-2H3/b4-3+. The molecule has 4 nitrogen and oxygen atoms in total. The molecule has 0 radical (unpaired) electrons. The van der Waals surface area contributed by atoms with Crippen molar-refractivity contribution in [3.63, 3.8) is 0 Å². The molecule has 0 N–H and O–H groups in total. The van der Waals surface area contributed by atoms with Crippen molar-refractivity contribution >= 4 is 5.97 Å². The van der Waals surface area contributed by atoms with Crippen molar-refractivity contribution in [2.45, 2.75) is 25.6 Å². The van der Waals surface area contributed by atoms with Crippen LogP contribution in [-0.2, 0) is 19.0 Å². The molecule has 4 heteroatoms. The van der Waals surface area contributed by atoms with Gasteiger partial charge in [-0.05, 0) is 19.8 Å². The Morgan fingerprint density at radius 1 is 1.33 bits per heavy atom. The van der Waals surface area contributed by atoms with Gasteiger partial charge >= 0.3 is 5.97 Å². The molecule has 1 saturated carbocycles. The third-order valence-electron chi connectivity index (χ3n) is 3.27. The molecule has 0 spiro atoms. The van der Waals surface area contributed by atoms with Crippen LogP contribution in [0.25, 0.3) is 0 Å². The van der Waals surface area contributed by atoms with E-state index in [1.54, 1.807) is 0 Å². The van der Waals surface area contributed by atoms with Gasteiger partial charge in [-0.15, -0.1) is 0 Å². The van der Waals surface area contributed by atoms with E-state index in [-0.39, 0.29) is 11.4 Å². The minimum atomic E-state index is -0.558. The number of hydrogen-bond donors (Lipinski definition) is 0. The molecule has 0 aromatic rings. The Labute approximate surface area is 89.2 Å². The fraction of sp³-hybridized carbons (Fsp3) is 0.727. The Kier molecular flexibility index (Phi) is 2.56. The van der Waals surface area contributed by atoms with Crippen LogP contribution in [0.5, 0.6) is 0 Å². The van der Waals surface area contributed by atoms with Gasteiger partial charge in [0.2, 0.25) is 0 Å². The second-order valence-corrected chi connectivity index (χ2v) is 4.16. The van der Waals surface area contributed by atoms with Crippen LogP contribution in [0.4, 0.5) is 0 Å². The minimum absolute atomic E-state index is 0.127. The fourth-order valence-electron chi connectivity index (χ4n) is 2.00. The van der Waals surface area contributed by atoms with E-state index in [1.807, 2.05) is 13.0 Å². The molecular weight excluding hydrogens is 196 g/mol. The maximum Gasteiger partial charge on any atom is 0.330 e. The van der Waals surface area contributed by atoms with Gasteiger partial charge in [-0.2, -0.15) is 0 Å². The molecule has 84 valence electrons. The molecule has 2 fully saturated rings. The second kappa shape index (κ2) is 3.61. The second-order valence-electron chi connectivity index (χ2n) is 4.16. The molecule has 0 aromatic carbocycles. The Morgan fingerprint density at radius 2 is 1.93 bits per heavy atom. The first-order chi connectivity index (χ1) is 7.12. The third-order valence-corrected chi connectivity index (χ3v) is 3.27. The molecule has 0 unspecified atom stereocenters. The Balaban J connectivity index is 2.07. The van der Waals surface area contributed by atoms with Gasteiger partial charge in [0.15, 0.2) is 5.79 Å². The number of carbonyl (C=O) groups is 1. The highest BCUT2D eigenvalue weighted by Crippen LogP contribution is 2.58. The van der Waals surface area contributed by atoms with Crippen molar-refractivity contribution in [1.29, 1.82) is 0 Å². The number of carbonyl (C=O) groups excluding carboxylic acids is 1. The van der Waals surface area contributed by atoms with Gasteiger partial charge in [-0.3, -0.25) is 0 Å². The van der Waals surface area contributed by atoms with Gasteiger partial charge in [0.05, 0.1) is 20.3 Å². The summed E-state index contributed by atoms with van der Waals surface area (Å²) in [5.41, 5.74) is -0.127. The zero-order valence-corrected chi connectivity index (χ0v) is 9.12. The van der Waals surface area contributed by atoms with E-state index in [0.717, 1.165) is 12.8 Å². The lowest BCUT2D eigenvalue weighted by molar-refractivity contribution is -0.179. The van der Waals surface area contributed by atoms with Crippen LogP contribution in [0.15, 0.2) is 12.2 Å². The molecule has 0 amide bonds. The summed E-state index contributed by atoms with van der Waals surface area (Å²) < 4.78 is 15.8. The van der Waals surface area contributed by atoms with Crippen molar-refractivity contribution < 1.29 is 19.0 Å². The van der Waals surface area contributed by atoms with E-state index in [0.29, 0.717) is 13.2 Å². The quantitative estimate of drug-likeness (QED) is 0.522. The van der Waals surface area contributed by atoms with Gasteiger partial charge in [-0.25, -0.2) is 4.79 Å². The van der Waals surface area contributed by atoms with Crippen LogP contribution in [-0.4, -0.2) is 32.1 Å². The molecule has 15 heavy (non-hydrogen) atoms. The molecule has 2 rings (SSSR count). The van der Waals surface area contributed by atoms with Crippen molar-refractivity contribution in [3.05, 3.63) is 12.2 Å². The molecule has 1 heterocycles. The summed E-state index contributed by atoms with van der Waals surface area (Å²) in [6.07, 6.45) is 5.32. The van der Waals surface area contributed by atoms with Crippen LogP contribution < -0.4 is 0 Å². The van der Waals surface area contributed by atoms with Gasteiger partial charge in [0.25, 0.3) is 0 Å². The number of methoxy groups -OCH3 is 1. The van der Waals surface area contributed by atoms with Gasteiger partial charge in [-0.1, -0.05) is 6.08 Å². The Bertz CT molecular complexity index is 285. The van der Waals surface area contributed by atoms with Crippen LogP contribution in [0.1, 0.15) is 19.8 Å². The van der Waals surface area contributed by atoms with E-state index >= 15 is 0 Å². The normalized spacial score (nSPS) is 26.8. The smallest absolute Gasteiger partial charge is 0.330 e. The van der Waals surface area contributed by atoms with E-state index in [1.165, 1.54) is 13.2 Å². The monoisotopic (exact) mass is 212 g/mol. The predicted octanol–water partition coefficient (Wildman–Crippen LogP) is 1.26. The zero-order chi connectivity index (χ0) is 10.9. The molecular formula is C11H16O4. The average Bonchev–Trinajstić information content (AvgIpc) is 2.92. The lowest BCUT2D eigenvalue weighted by Gasteiger charge is -2.30. The van der Waals surface area contributed by atoms with Crippen molar-refractivity contribution in [1.82, 2.24) is 0 Å². The maximum atomic E-state index is 11.0. The first-order valence-corrected chi connectivity index (χ1v) is 5.17. The van der Waals surface area contributed by atoms with Gasteiger partial charge in [0.1, 0.15) is 0 Å². The minimum Gasteiger partial charge on any atom is -0.466 e. The highest BCUT2D eigenvalue weighted by atomic mass is 16.7. The summed E-state index contributed by atoms with van der Waals surface area (Å²) in [5, 5.41) is 0. The fourth-order valence-corrected chi connectivity index (χ4v) is 2.00. The van der Waals surface area contributed by atoms with Crippen LogP contribution in [0.3, 0.4) is 0 Å². The number of esters is 1. The number of rotatable bonds is 3. The first kappa shape index (κ1) is 10.6. The SMILES string of the molecule is COC(=O)/C=C/C1(C2(C)OCCO2)CC1. The lowest BCUT2D eigenvalue weighted by Crippen LogP contribution is -2.36. The van der Waals surface area contributed by atoms with Crippen LogP contribution >= 0.6 is 0 Å². The molecule has 1 saturated heterocycles. The molecule has 0 aromatic heterocycles. The average molecular weight is 212 g/mol. The van der Waals surface area contributed by atoms with Crippen LogP contribution in [0, 0.1) is 5.41 Å². The molecule has 0 bridgehead atoms. The summed E-state index contributed by atoms with van der Waals surface area (Å²) in [6, 6.07) is 0. The van der Waals surface area contributed by atoms with Gasteiger partial charge in [0, 0.05) is 11.5 Å². The molecule has 1 aliphatic heterocycles. The van der Waals surface area contributed by atoms with Gasteiger partial charge < -0.3 is 14.2 Å². The predicted molar refractivity (Wildman–Crippen MR) is 53.1 cm³/mol. The zero-order valence-electron chi connectivity index (χ0n) is 9.12. The Morgan fingerprint density at radius 3 is 2.40 bits per heavy atom. The van der Waals surface area contributed by atoms with Crippen molar-refractivity contribution in [2.24, 2.45) is 5.41 Å². The highest BCUT2D eigenvalue weighted by molar-refractivity contribution is 5.82. The van der Waals surface area contributed by atoms with Crippen molar-refractivity contribution in [2.75, 3.05) is 20.3 Å².